The Morgan fingerprint density at radius 2 is 1.57 bits per heavy atom. The van der Waals surface area contributed by atoms with Crippen molar-refractivity contribution in [1.29, 1.82) is 0 Å². The molecule has 2 N–H and O–H groups in total. The minimum atomic E-state index is 0.713. The standard InChI is InChI=1S/C16H17N5/c1-10-8-11(2)15(12(3)9-10)21-16(18-19-20-21)13-4-6-14(17)7-5-13/h4-9H,17H2,1-3H3. The van der Waals surface area contributed by atoms with Gasteiger partial charge < -0.3 is 5.73 Å². The van der Waals surface area contributed by atoms with Crippen LogP contribution in [0.2, 0.25) is 0 Å². The van der Waals surface area contributed by atoms with Gasteiger partial charge in [0.15, 0.2) is 5.82 Å². The average molecular weight is 279 g/mol. The summed E-state index contributed by atoms with van der Waals surface area (Å²) in [5, 5.41) is 12.2. The molecule has 3 aromatic rings. The smallest absolute Gasteiger partial charge is 0.187 e. The summed E-state index contributed by atoms with van der Waals surface area (Å²) in [6, 6.07) is 11.8. The van der Waals surface area contributed by atoms with Gasteiger partial charge in [-0.25, -0.2) is 0 Å². The highest BCUT2D eigenvalue weighted by molar-refractivity contribution is 5.62. The third kappa shape index (κ3) is 2.38. The quantitative estimate of drug-likeness (QED) is 0.732. The third-order valence-electron chi connectivity index (χ3n) is 3.49. The van der Waals surface area contributed by atoms with Crippen molar-refractivity contribution in [3.63, 3.8) is 0 Å². The molecule has 0 aliphatic carbocycles. The van der Waals surface area contributed by atoms with Gasteiger partial charge in [-0.15, -0.1) is 5.10 Å². The zero-order chi connectivity index (χ0) is 15.0. The fraction of sp³-hybridized carbons (Fsp3) is 0.188. The summed E-state index contributed by atoms with van der Waals surface area (Å²) in [5.41, 5.74) is 12.0. The highest BCUT2D eigenvalue weighted by Gasteiger charge is 2.14. The van der Waals surface area contributed by atoms with Gasteiger partial charge in [-0.05, 0) is 66.6 Å². The molecule has 0 fully saturated rings. The molecular weight excluding hydrogens is 262 g/mol. The molecule has 5 heteroatoms. The second-order valence-corrected chi connectivity index (χ2v) is 5.28. The monoisotopic (exact) mass is 279 g/mol. The molecule has 5 nitrogen and oxygen atoms in total. The number of aromatic nitrogens is 4. The maximum Gasteiger partial charge on any atom is 0.187 e. The summed E-state index contributed by atoms with van der Waals surface area (Å²) in [4.78, 5) is 0. The molecule has 2 aromatic carbocycles. The highest BCUT2D eigenvalue weighted by atomic mass is 15.5. The van der Waals surface area contributed by atoms with Crippen LogP contribution in [0.3, 0.4) is 0 Å². The van der Waals surface area contributed by atoms with E-state index >= 15 is 0 Å². The topological polar surface area (TPSA) is 69.6 Å². The summed E-state index contributed by atoms with van der Waals surface area (Å²) in [6.45, 7) is 6.23. The molecule has 0 saturated carbocycles. The predicted octanol–water partition coefficient (Wildman–Crippen LogP) is 2.84. The van der Waals surface area contributed by atoms with Gasteiger partial charge in [-0.1, -0.05) is 17.7 Å². The van der Waals surface area contributed by atoms with E-state index in [2.05, 4.69) is 48.4 Å². The number of anilines is 1. The first kappa shape index (κ1) is 13.3. The van der Waals surface area contributed by atoms with Crippen molar-refractivity contribution in [3.8, 4) is 17.1 Å². The summed E-state index contributed by atoms with van der Waals surface area (Å²) in [7, 11) is 0. The fourth-order valence-electron chi connectivity index (χ4n) is 2.66. The lowest BCUT2D eigenvalue weighted by Gasteiger charge is -2.12. The first-order valence-electron chi connectivity index (χ1n) is 6.79. The molecule has 0 amide bonds. The number of aryl methyl sites for hydroxylation is 3. The molecule has 1 aromatic heterocycles. The summed E-state index contributed by atoms with van der Waals surface area (Å²) >= 11 is 0. The number of rotatable bonds is 2. The first-order chi connectivity index (χ1) is 10.1. The fourth-order valence-corrected chi connectivity index (χ4v) is 2.66. The van der Waals surface area contributed by atoms with Crippen LogP contribution in [0.1, 0.15) is 16.7 Å². The number of tetrazole rings is 1. The molecule has 106 valence electrons. The van der Waals surface area contributed by atoms with E-state index in [9.17, 15) is 0 Å². The van der Waals surface area contributed by atoms with Crippen LogP contribution < -0.4 is 5.73 Å². The van der Waals surface area contributed by atoms with E-state index in [-0.39, 0.29) is 0 Å². The Hall–Kier alpha value is -2.69. The third-order valence-corrected chi connectivity index (χ3v) is 3.49. The zero-order valence-electron chi connectivity index (χ0n) is 12.3. The van der Waals surface area contributed by atoms with Gasteiger partial charge in [0.05, 0.1) is 5.69 Å². The van der Waals surface area contributed by atoms with Gasteiger partial charge in [0, 0.05) is 11.3 Å². The molecule has 0 radical (unpaired) electrons. The van der Waals surface area contributed by atoms with Gasteiger partial charge in [-0.3, -0.25) is 0 Å². The molecule has 0 bridgehead atoms. The van der Waals surface area contributed by atoms with Crippen molar-refractivity contribution in [2.45, 2.75) is 20.8 Å². The lowest BCUT2D eigenvalue weighted by atomic mass is 10.0. The van der Waals surface area contributed by atoms with Crippen LogP contribution >= 0.6 is 0 Å². The molecule has 21 heavy (non-hydrogen) atoms. The number of nitrogens with two attached hydrogens (primary N) is 1. The van der Waals surface area contributed by atoms with Gasteiger partial charge in [0.2, 0.25) is 0 Å². The van der Waals surface area contributed by atoms with Crippen molar-refractivity contribution in [3.05, 3.63) is 53.1 Å². The molecule has 0 aliphatic heterocycles. The van der Waals surface area contributed by atoms with Crippen LogP contribution in [0.4, 0.5) is 5.69 Å². The summed E-state index contributed by atoms with van der Waals surface area (Å²) in [6.07, 6.45) is 0. The number of hydrogen-bond acceptors (Lipinski definition) is 4. The average Bonchev–Trinajstić information content (AvgIpc) is 2.87. The molecule has 0 atom stereocenters. The molecule has 0 spiro atoms. The molecule has 3 rings (SSSR count). The van der Waals surface area contributed by atoms with Crippen LogP contribution in [-0.4, -0.2) is 20.2 Å². The van der Waals surface area contributed by atoms with E-state index in [1.807, 2.05) is 24.3 Å². The second kappa shape index (κ2) is 5.01. The Kier molecular flexibility index (Phi) is 3.17. The first-order valence-corrected chi connectivity index (χ1v) is 6.79. The normalized spacial score (nSPS) is 10.8. The zero-order valence-corrected chi connectivity index (χ0v) is 12.3. The maximum atomic E-state index is 5.74. The number of nitrogen functional groups attached to an aromatic ring is 1. The Morgan fingerprint density at radius 3 is 2.19 bits per heavy atom. The van der Waals surface area contributed by atoms with Crippen molar-refractivity contribution < 1.29 is 0 Å². The van der Waals surface area contributed by atoms with Crippen molar-refractivity contribution >= 4 is 5.69 Å². The summed E-state index contributed by atoms with van der Waals surface area (Å²) in [5.74, 6) is 0.713. The van der Waals surface area contributed by atoms with Crippen LogP contribution in [-0.2, 0) is 0 Å². The van der Waals surface area contributed by atoms with E-state index < -0.39 is 0 Å². The number of hydrogen-bond donors (Lipinski definition) is 1. The minimum absolute atomic E-state index is 0.713. The van der Waals surface area contributed by atoms with Crippen LogP contribution in [0, 0.1) is 20.8 Å². The molecule has 0 unspecified atom stereocenters. The Balaban J connectivity index is 2.18. The lowest BCUT2D eigenvalue weighted by molar-refractivity contribution is 0.783. The molecule has 0 saturated heterocycles. The molecule has 1 heterocycles. The van der Waals surface area contributed by atoms with E-state index in [4.69, 9.17) is 5.73 Å². The SMILES string of the molecule is Cc1cc(C)c(-n2nnnc2-c2ccc(N)cc2)c(C)c1. The van der Waals surface area contributed by atoms with E-state index in [1.165, 1.54) is 5.56 Å². The van der Waals surface area contributed by atoms with Crippen LogP contribution in [0.25, 0.3) is 17.1 Å². The van der Waals surface area contributed by atoms with Crippen molar-refractivity contribution in [1.82, 2.24) is 20.2 Å². The van der Waals surface area contributed by atoms with Gasteiger partial charge >= 0.3 is 0 Å². The van der Waals surface area contributed by atoms with Crippen LogP contribution in [0.15, 0.2) is 36.4 Å². The Labute approximate surface area is 123 Å². The van der Waals surface area contributed by atoms with Crippen molar-refractivity contribution in [2.24, 2.45) is 0 Å². The predicted molar refractivity (Wildman–Crippen MR) is 83.2 cm³/mol. The Morgan fingerprint density at radius 1 is 0.952 bits per heavy atom. The molecule has 0 aliphatic rings. The van der Waals surface area contributed by atoms with Gasteiger partial charge in [0.25, 0.3) is 0 Å². The largest absolute Gasteiger partial charge is 0.399 e. The maximum absolute atomic E-state index is 5.74. The van der Waals surface area contributed by atoms with Gasteiger partial charge in [0.1, 0.15) is 0 Å². The van der Waals surface area contributed by atoms with Gasteiger partial charge in [-0.2, -0.15) is 4.68 Å². The number of nitrogens with zero attached hydrogens (tertiary/aromatic N) is 4. The highest BCUT2D eigenvalue weighted by Crippen LogP contribution is 2.25. The molecular formula is C16H17N5. The van der Waals surface area contributed by atoms with Crippen LogP contribution in [0.5, 0.6) is 0 Å². The Bertz CT molecular complexity index is 764. The van der Waals surface area contributed by atoms with E-state index in [1.54, 1.807) is 4.68 Å². The summed E-state index contributed by atoms with van der Waals surface area (Å²) < 4.78 is 1.79. The van der Waals surface area contributed by atoms with Crippen molar-refractivity contribution in [2.75, 3.05) is 5.73 Å². The van der Waals surface area contributed by atoms with E-state index in [0.717, 1.165) is 28.1 Å². The number of benzene rings is 2. The minimum Gasteiger partial charge on any atom is -0.399 e. The second-order valence-electron chi connectivity index (χ2n) is 5.28. The lowest BCUT2D eigenvalue weighted by Crippen LogP contribution is -2.05. The van der Waals surface area contributed by atoms with E-state index in [0.29, 0.717) is 5.82 Å².